The van der Waals surface area contributed by atoms with Crippen LogP contribution < -0.4 is 5.32 Å². The van der Waals surface area contributed by atoms with Crippen LogP contribution in [-0.2, 0) is 14.2 Å². The minimum Gasteiger partial charge on any atom is -0.480 e. The number of aliphatic carboxylic acids is 1. The van der Waals surface area contributed by atoms with Crippen LogP contribution in [0.2, 0.25) is 0 Å². The van der Waals surface area contributed by atoms with Gasteiger partial charge in [0.1, 0.15) is 6.04 Å². The highest BCUT2D eigenvalue weighted by Crippen LogP contribution is 2.39. The van der Waals surface area contributed by atoms with Crippen molar-refractivity contribution in [2.24, 2.45) is 11.8 Å². The lowest BCUT2D eigenvalue weighted by atomic mass is 9.84. The number of amides is 1. The van der Waals surface area contributed by atoms with Gasteiger partial charge in [0.25, 0.3) is 0 Å². The van der Waals surface area contributed by atoms with Gasteiger partial charge in [0.05, 0.1) is 6.16 Å². The van der Waals surface area contributed by atoms with Gasteiger partial charge >= 0.3 is 13.6 Å². The summed E-state index contributed by atoms with van der Waals surface area (Å²) in [5, 5.41) is 12.1. The summed E-state index contributed by atoms with van der Waals surface area (Å²) < 4.78 is 11.6. The van der Waals surface area contributed by atoms with Crippen LogP contribution in [0.3, 0.4) is 0 Å². The zero-order valence-electron chi connectivity index (χ0n) is 16.9. The summed E-state index contributed by atoms with van der Waals surface area (Å²) >= 11 is 0. The monoisotopic (exact) mass is 425 g/mol. The molecule has 29 heavy (non-hydrogen) atoms. The Labute approximate surface area is 172 Å². The van der Waals surface area contributed by atoms with Crippen molar-refractivity contribution in [3.05, 3.63) is 35.9 Å². The van der Waals surface area contributed by atoms with E-state index in [9.17, 15) is 29.0 Å². The van der Waals surface area contributed by atoms with Crippen molar-refractivity contribution in [1.29, 1.82) is 0 Å². The van der Waals surface area contributed by atoms with Crippen LogP contribution in [0.1, 0.15) is 63.4 Å². The van der Waals surface area contributed by atoms with Crippen LogP contribution in [0, 0.1) is 11.8 Å². The summed E-state index contributed by atoms with van der Waals surface area (Å²) in [7, 11) is -4.43. The first-order chi connectivity index (χ1) is 13.7. The average Bonchev–Trinajstić information content (AvgIpc) is 2.67. The Hall–Kier alpha value is -1.69. The number of carboxylic acid groups (broad SMARTS) is 1. The maximum Gasteiger partial charge on any atom is 0.326 e. The van der Waals surface area contributed by atoms with E-state index in [4.69, 9.17) is 0 Å². The van der Waals surface area contributed by atoms with Gasteiger partial charge in [-0.1, -0.05) is 69.4 Å². The first-order valence-electron chi connectivity index (χ1n) is 10.3. The molecule has 1 fully saturated rings. The van der Waals surface area contributed by atoms with Gasteiger partial charge in [0.15, 0.2) is 0 Å². The molecule has 0 heterocycles. The quantitative estimate of drug-likeness (QED) is 0.425. The van der Waals surface area contributed by atoms with Gasteiger partial charge in [0, 0.05) is 5.92 Å². The van der Waals surface area contributed by atoms with Gasteiger partial charge in [-0.2, -0.15) is 0 Å². The molecule has 1 unspecified atom stereocenters. The third-order valence-electron chi connectivity index (χ3n) is 5.74. The Morgan fingerprint density at radius 1 is 1.14 bits per heavy atom. The molecule has 0 aromatic heterocycles. The molecule has 1 aliphatic rings. The number of benzene rings is 1. The lowest BCUT2D eigenvalue weighted by Crippen LogP contribution is -2.45. The molecule has 0 radical (unpaired) electrons. The molecule has 8 heteroatoms. The molecule has 2 rings (SSSR count). The number of nitrogens with one attached hydrogen (secondary N) is 1. The molecule has 0 bridgehead atoms. The summed E-state index contributed by atoms with van der Waals surface area (Å²) in [5.74, 6) is -2.50. The summed E-state index contributed by atoms with van der Waals surface area (Å²) in [6, 6.07) is 8.39. The molecule has 1 saturated carbocycles. The van der Waals surface area contributed by atoms with Gasteiger partial charge in [-0.15, -0.1) is 0 Å². The smallest absolute Gasteiger partial charge is 0.326 e. The predicted molar refractivity (Wildman–Crippen MR) is 111 cm³/mol. The van der Waals surface area contributed by atoms with Crippen LogP contribution in [0.25, 0.3) is 0 Å². The van der Waals surface area contributed by atoms with Crippen LogP contribution in [0.4, 0.5) is 0 Å². The summed E-state index contributed by atoms with van der Waals surface area (Å²) in [6.07, 6.45) is 5.21. The van der Waals surface area contributed by atoms with Crippen molar-refractivity contribution in [2.45, 2.75) is 63.8 Å². The Balaban J connectivity index is 2.07. The Kier molecular flexibility index (Phi) is 8.87. The van der Waals surface area contributed by atoms with Crippen LogP contribution >= 0.6 is 7.60 Å². The normalized spacial score (nSPS) is 18.6. The van der Waals surface area contributed by atoms with Crippen molar-refractivity contribution < 1.29 is 29.0 Å². The second-order valence-electron chi connectivity index (χ2n) is 8.23. The van der Waals surface area contributed by atoms with Gasteiger partial charge in [-0.25, -0.2) is 4.79 Å². The standard InChI is InChI=1S/C21H32NO6P/c1-15(17-10-6-3-7-11-17)12-18(14-29(26,27)28)20(23)22-19(21(24)25)13-16-8-4-2-5-9-16/h3,6-7,10-11,15-16,18-19H,2,4-5,8-9,12-14H2,1H3,(H,22,23)(H,24,25)(H2,26,27,28)/t15-,18?,19+/m1/s1. The largest absolute Gasteiger partial charge is 0.480 e. The molecule has 1 aromatic carbocycles. The van der Waals surface area contributed by atoms with Gasteiger partial charge in [-0.3, -0.25) is 9.36 Å². The second kappa shape index (κ2) is 10.9. The van der Waals surface area contributed by atoms with Gasteiger partial charge in [-0.05, 0) is 30.2 Å². The number of rotatable bonds is 10. The molecule has 0 aliphatic heterocycles. The third kappa shape index (κ3) is 8.29. The fourth-order valence-corrected chi connectivity index (χ4v) is 5.05. The van der Waals surface area contributed by atoms with Crippen LogP contribution in [0.5, 0.6) is 0 Å². The first-order valence-corrected chi connectivity index (χ1v) is 12.1. The van der Waals surface area contributed by atoms with Crippen molar-refractivity contribution >= 4 is 19.5 Å². The Morgan fingerprint density at radius 2 is 1.76 bits per heavy atom. The zero-order valence-corrected chi connectivity index (χ0v) is 17.8. The number of hydrogen-bond acceptors (Lipinski definition) is 3. The molecule has 1 aromatic rings. The number of carbonyl (C=O) groups excluding carboxylic acids is 1. The highest BCUT2D eigenvalue weighted by molar-refractivity contribution is 7.51. The van der Waals surface area contributed by atoms with Crippen LogP contribution in [-0.4, -0.2) is 39.0 Å². The predicted octanol–water partition coefficient (Wildman–Crippen LogP) is 3.51. The van der Waals surface area contributed by atoms with Crippen LogP contribution in [0.15, 0.2) is 30.3 Å². The molecule has 3 atom stereocenters. The molecule has 0 spiro atoms. The molecule has 0 saturated heterocycles. The number of hydrogen-bond donors (Lipinski definition) is 4. The van der Waals surface area contributed by atoms with Crippen molar-refractivity contribution in [2.75, 3.05) is 6.16 Å². The highest BCUT2D eigenvalue weighted by atomic mass is 31.2. The van der Waals surface area contributed by atoms with E-state index in [0.29, 0.717) is 6.42 Å². The third-order valence-corrected chi connectivity index (χ3v) is 6.66. The molecule has 162 valence electrons. The van der Waals surface area contributed by atoms with E-state index in [2.05, 4.69) is 5.32 Å². The molecule has 1 amide bonds. The highest BCUT2D eigenvalue weighted by Gasteiger charge is 2.33. The van der Waals surface area contributed by atoms with Gasteiger partial charge < -0.3 is 20.2 Å². The molecule has 4 N–H and O–H groups in total. The van der Waals surface area contributed by atoms with Crippen molar-refractivity contribution in [3.63, 3.8) is 0 Å². The fraction of sp³-hybridized carbons (Fsp3) is 0.619. The van der Waals surface area contributed by atoms with E-state index in [1.807, 2.05) is 37.3 Å². The van der Waals surface area contributed by atoms with Gasteiger partial charge in [0.2, 0.25) is 5.91 Å². The lowest BCUT2D eigenvalue weighted by Gasteiger charge is -2.27. The molecule has 7 nitrogen and oxygen atoms in total. The fourth-order valence-electron chi connectivity index (χ4n) is 4.16. The van der Waals surface area contributed by atoms with E-state index in [1.54, 1.807) is 0 Å². The Bertz CT molecular complexity index is 713. The topological polar surface area (TPSA) is 124 Å². The summed E-state index contributed by atoms with van der Waals surface area (Å²) in [6.45, 7) is 1.89. The first kappa shape index (κ1) is 23.6. The van der Waals surface area contributed by atoms with E-state index in [0.717, 1.165) is 37.7 Å². The SMILES string of the molecule is C[C@H](CC(CP(=O)(O)O)C(=O)N[C@@H](CC1CCCCC1)C(=O)O)c1ccccc1. The van der Waals surface area contributed by atoms with Crippen molar-refractivity contribution in [1.82, 2.24) is 5.32 Å². The minimum absolute atomic E-state index is 0.0971. The van der Waals surface area contributed by atoms with Crippen molar-refractivity contribution in [3.8, 4) is 0 Å². The molecular weight excluding hydrogens is 393 g/mol. The maximum absolute atomic E-state index is 12.8. The Morgan fingerprint density at radius 3 is 2.31 bits per heavy atom. The zero-order chi connectivity index (χ0) is 21.4. The number of carboxylic acids is 1. The minimum atomic E-state index is -4.43. The van der Waals surface area contributed by atoms with E-state index in [-0.39, 0.29) is 18.3 Å². The maximum atomic E-state index is 12.8. The average molecular weight is 425 g/mol. The lowest BCUT2D eigenvalue weighted by molar-refractivity contribution is -0.143. The van der Waals surface area contributed by atoms with E-state index in [1.165, 1.54) is 0 Å². The summed E-state index contributed by atoms with van der Waals surface area (Å²) in [5.41, 5.74) is 0.966. The second-order valence-corrected chi connectivity index (χ2v) is 9.93. The summed E-state index contributed by atoms with van der Waals surface area (Å²) in [4.78, 5) is 43.4. The number of carbonyl (C=O) groups is 2. The molecular formula is C21H32NO6P. The van der Waals surface area contributed by atoms with E-state index < -0.39 is 37.6 Å². The molecule has 1 aliphatic carbocycles. The van der Waals surface area contributed by atoms with E-state index >= 15 is 0 Å².